The molecule has 1 amide bonds. The fourth-order valence-corrected chi connectivity index (χ4v) is 5.24. The standard InChI is InChI=1S/C17H22N4OS/c1-10-19-16(21-9-5-7-12(21)15(18)22)14-11-6-3-2-4-8-13(11)23-17(14)20-10/h12H,2-9H2,1H3,(H2,18,22)/t12-/m1/s1. The number of nitrogens with zero attached hydrogens (tertiary/aromatic N) is 3. The molecular weight excluding hydrogens is 308 g/mol. The number of aryl methyl sites for hydroxylation is 3. The summed E-state index contributed by atoms with van der Waals surface area (Å²) >= 11 is 1.82. The highest BCUT2D eigenvalue weighted by Crippen LogP contribution is 2.40. The lowest BCUT2D eigenvalue weighted by Gasteiger charge is -2.24. The van der Waals surface area contributed by atoms with Gasteiger partial charge >= 0.3 is 0 Å². The zero-order valence-electron chi connectivity index (χ0n) is 13.5. The van der Waals surface area contributed by atoms with Crippen LogP contribution in [0.3, 0.4) is 0 Å². The van der Waals surface area contributed by atoms with Gasteiger partial charge in [-0.05, 0) is 51.0 Å². The summed E-state index contributed by atoms with van der Waals surface area (Å²) in [7, 11) is 0. The van der Waals surface area contributed by atoms with E-state index in [1.165, 1.54) is 35.1 Å². The molecule has 0 spiro atoms. The van der Waals surface area contributed by atoms with Crippen LogP contribution in [-0.4, -0.2) is 28.5 Å². The maximum Gasteiger partial charge on any atom is 0.240 e. The first kappa shape index (κ1) is 14.9. The molecule has 6 heteroatoms. The first-order chi connectivity index (χ1) is 11.1. The molecule has 4 rings (SSSR count). The van der Waals surface area contributed by atoms with Gasteiger partial charge in [-0.15, -0.1) is 11.3 Å². The SMILES string of the molecule is Cc1nc(N2CCC[C@@H]2C(N)=O)c2c3c(sc2n1)CCCCC3. The highest BCUT2D eigenvalue weighted by Gasteiger charge is 2.33. The molecule has 0 bridgehead atoms. The van der Waals surface area contributed by atoms with Gasteiger partial charge in [0.25, 0.3) is 0 Å². The smallest absolute Gasteiger partial charge is 0.240 e. The van der Waals surface area contributed by atoms with Gasteiger partial charge in [0.05, 0.1) is 5.39 Å². The minimum Gasteiger partial charge on any atom is -0.368 e. The summed E-state index contributed by atoms with van der Waals surface area (Å²) in [5, 5.41) is 1.19. The number of carbonyl (C=O) groups is 1. The van der Waals surface area contributed by atoms with E-state index in [2.05, 4.69) is 9.88 Å². The number of fused-ring (bicyclic) bond motifs is 3. The Labute approximate surface area is 139 Å². The first-order valence-corrected chi connectivity index (χ1v) is 9.31. The van der Waals surface area contributed by atoms with Gasteiger partial charge in [-0.2, -0.15) is 0 Å². The molecule has 2 aromatic heterocycles. The number of hydrogen-bond acceptors (Lipinski definition) is 5. The van der Waals surface area contributed by atoms with Crippen molar-refractivity contribution < 1.29 is 4.79 Å². The third-order valence-electron chi connectivity index (χ3n) is 5.01. The minimum absolute atomic E-state index is 0.228. The fourth-order valence-electron chi connectivity index (χ4n) is 3.94. The highest BCUT2D eigenvalue weighted by molar-refractivity contribution is 7.19. The summed E-state index contributed by atoms with van der Waals surface area (Å²) < 4.78 is 0. The summed E-state index contributed by atoms with van der Waals surface area (Å²) in [6.45, 7) is 2.78. The van der Waals surface area contributed by atoms with Crippen molar-refractivity contribution in [3.05, 3.63) is 16.3 Å². The third kappa shape index (κ3) is 2.49. The molecule has 5 nitrogen and oxygen atoms in total. The van der Waals surface area contributed by atoms with Gasteiger partial charge in [-0.25, -0.2) is 9.97 Å². The summed E-state index contributed by atoms with van der Waals surface area (Å²) in [5.74, 6) is 1.47. The molecule has 0 radical (unpaired) electrons. The van der Waals surface area contributed by atoms with Crippen LogP contribution < -0.4 is 10.6 Å². The molecule has 0 aromatic carbocycles. The van der Waals surface area contributed by atoms with Crippen LogP contribution in [0, 0.1) is 6.92 Å². The zero-order valence-corrected chi connectivity index (χ0v) is 14.3. The number of rotatable bonds is 2. The van der Waals surface area contributed by atoms with Crippen molar-refractivity contribution in [2.24, 2.45) is 5.73 Å². The third-order valence-corrected chi connectivity index (χ3v) is 6.20. The molecular formula is C17H22N4OS. The molecule has 0 unspecified atom stereocenters. The van der Waals surface area contributed by atoms with Crippen LogP contribution in [0.2, 0.25) is 0 Å². The van der Waals surface area contributed by atoms with Gasteiger partial charge in [-0.3, -0.25) is 4.79 Å². The van der Waals surface area contributed by atoms with E-state index in [0.29, 0.717) is 0 Å². The molecule has 23 heavy (non-hydrogen) atoms. The number of nitrogens with two attached hydrogens (primary N) is 1. The number of primary amides is 1. The molecule has 2 aliphatic rings. The number of amides is 1. The molecule has 1 fully saturated rings. The minimum atomic E-state index is -0.242. The van der Waals surface area contributed by atoms with E-state index in [9.17, 15) is 4.79 Å². The Morgan fingerprint density at radius 1 is 1.22 bits per heavy atom. The van der Waals surface area contributed by atoms with Crippen LogP contribution in [0.5, 0.6) is 0 Å². The van der Waals surface area contributed by atoms with E-state index in [1.807, 2.05) is 18.3 Å². The Morgan fingerprint density at radius 3 is 2.87 bits per heavy atom. The van der Waals surface area contributed by atoms with E-state index < -0.39 is 0 Å². The number of anilines is 1. The predicted molar refractivity (Wildman–Crippen MR) is 93.0 cm³/mol. The van der Waals surface area contributed by atoms with E-state index in [4.69, 9.17) is 10.7 Å². The van der Waals surface area contributed by atoms with E-state index in [1.54, 1.807) is 0 Å². The quantitative estimate of drug-likeness (QED) is 0.859. The number of thiophene rings is 1. The second-order valence-electron chi connectivity index (χ2n) is 6.59. The molecule has 2 N–H and O–H groups in total. The molecule has 1 atom stereocenters. The summed E-state index contributed by atoms with van der Waals surface area (Å²) in [4.78, 5) is 25.9. The summed E-state index contributed by atoms with van der Waals surface area (Å²) in [5.41, 5.74) is 7.05. The Balaban J connectivity index is 1.91. The Hall–Kier alpha value is -1.69. The van der Waals surface area contributed by atoms with Crippen LogP contribution in [0.1, 0.15) is 48.4 Å². The average molecular weight is 330 g/mol. The van der Waals surface area contributed by atoms with Gasteiger partial charge in [0.15, 0.2) is 0 Å². The van der Waals surface area contributed by atoms with Crippen LogP contribution in [0.25, 0.3) is 10.2 Å². The second-order valence-corrected chi connectivity index (χ2v) is 7.68. The number of carbonyl (C=O) groups excluding carboxylic acids is 1. The van der Waals surface area contributed by atoms with Crippen LogP contribution in [0.15, 0.2) is 0 Å². The van der Waals surface area contributed by atoms with Crippen LogP contribution >= 0.6 is 11.3 Å². The summed E-state index contributed by atoms with van der Waals surface area (Å²) in [6.07, 6.45) is 7.84. The van der Waals surface area contributed by atoms with Gasteiger partial charge < -0.3 is 10.6 Å². The Kier molecular flexibility index (Phi) is 3.71. The monoisotopic (exact) mass is 330 g/mol. The molecule has 1 aliphatic heterocycles. The lowest BCUT2D eigenvalue weighted by Crippen LogP contribution is -2.41. The van der Waals surface area contributed by atoms with Crippen molar-refractivity contribution in [1.82, 2.24) is 9.97 Å². The van der Waals surface area contributed by atoms with Crippen molar-refractivity contribution in [2.75, 3.05) is 11.4 Å². The number of aromatic nitrogens is 2. The Bertz CT molecular complexity index is 770. The van der Waals surface area contributed by atoms with Crippen LogP contribution in [0.4, 0.5) is 5.82 Å². The van der Waals surface area contributed by atoms with Crippen LogP contribution in [-0.2, 0) is 17.6 Å². The predicted octanol–water partition coefficient (Wildman–Crippen LogP) is 2.72. The molecule has 0 saturated carbocycles. The largest absolute Gasteiger partial charge is 0.368 e. The highest BCUT2D eigenvalue weighted by atomic mass is 32.1. The maximum absolute atomic E-state index is 11.8. The van der Waals surface area contributed by atoms with Crippen molar-refractivity contribution in [1.29, 1.82) is 0 Å². The second kappa shape index (κ2) is 5.74. The lowest BCUT2D eigenvalue weighted by molar-refractivity contribution is -0.119. The van der Waals surface area contributed by atoms with Gasteiger partial charge in [0.2, 0.25) is 5.91 Å². The first-order valence-electron chi connectivity index (χ1n) is 8.50. The van der Waals surface area contributed by atoms with E-state index in [-0.39, 0.29) is 11.9 Å². The molecule has 3 heterocycles. The van der Waals surface area contributed by atoms with Crippen molar-refractivity contribution >= 4 is 33.3 Å². The molecule has 1 saturated heterocycles. The van der Waals surface area contributed by atoms with Crippen molar-refractivity contribution in [3.8, 4) is 0 Å². The van der Waals surface area contributed by atoms with Gasteiger partial charge in [-0.1, -0.05) is 6.42 Å². The normalized spacial score (nSPS) is 21.4. The zero-order chi connectivity index (χ0) is 16.0. The molecule has 1 aliphatic carbocycles. The number of hydrogen-bond donors (Lipinski definition) is 1. The summed E-state index contributed by atoms with van der Waals surface area (Å²) in [6, 6.07) is -0.228. The molecule has 122 valence electrons. The maximum atomic E-state index is 11.8. The van der Waals surface area contributed by atoms with Crippen molar-refractivity contribution in [3.63, 3.8) is 0 Å². The molecule has 2 aromatic rings. The van der Waals surface area contributed by atoms with Gasteiger partial charge in [0.1, 0.15) is 22.5 Å². The van der Waals surface area contributed by atoms with Gasteiger partial charge in [0, 0.05) is 11.4 Å². The van der Waals surface area contributed by atoms with Crippen molar-refractivity contribution in [2.45, 2.75) is 57.9 Å². The van der Waals surface area contributed by atoms with E-state index in [0.717, 1.165) is 48.7 Å². The lowest BCUT2D eigenvalue weighted by atomic mass is 10.1. The fraction of sp³-hybridized carbons (Fsp3) is 0.588. The topological polar surface area (TPSA) is 72.1 Å². The average Bonchev–Trinajstić information content (AvgIpc) is 3.06. The van der Waals surface area contributed by atoms with E-state index >= 15 is 0 Å². The Morgan fingerprint density at radius 2 is 2.04 bits per heavy atom.